The molecule has 0 aliphatic rings. The Hall–Kier alpha value is -1.12. The van der Waals surface area contributed by atoms with Gasteiger partial charge in [-0.05, 0) is 6.92 Å². The van der Waals surface area contributed by atoms with Gasteiger partial charge in [-0.25, -0.2) is 0 Å². The van der Waals surface area contributed by atoms with E-state index in [9.17, 15) is 9.59 Å². The van der Waals surface area contributed by atoms with Crippen LogP contribution < -0.4 is 0 Å². The standard InChI is InChI=1S/C7H10O3/c1-3-4-10-7(9)6(2)5-8/h3,5-6H,1,4H2,2H3. The molecule has 0 radical (unpaired) electrons. The molecule has 0 saturated heterocycles. The molecular weight excluding hydrogens is 132 g/mol. The van der Waals surface area contributed by atoms with Crippen molar-refractivity contribution in [1.82, 2.24) is 0 Å². The third-order valence-corrected chi connectivity index (χ3v) is 0.919. The van der Waals surface area contributed by atoms with Crippen molar-refractivity contribution >= 4 is 12.3 Å². The van der Waals surface area contributed by atoms with Crippen molar-refractivity contribution in [2.45, 2.75) is 6.92 Å². The third-order valence-electron chi connectivity index (χ3n) is 0.919. The molecule has 10 heavy (non-hydrogen) atoms. The summed E-state index contributed by atoms with van der Waals surface area (Å²) in [7, 11) is 0. The molecule has 1 unspecified atom stereocenters. The average molecular weight is 142 g/mol. The lowest BCUT2D eigenvalue weighted by Crippen LogP contribution is -2.15. The molecule has 0 aliphatic heterocycles. The van der Waals surface area contributed by atoms with E-state index in [1.807, 2.05) is 0 Å². The molecule has 0 spiro atoms. The number of rotatable bonds is 4. The highest BCUT2D eigenvalue weighted by Crippen LogP contribution is 1.92. The predicted molar refractivity (Wildman–Crippen MR) is 36.4 cm³/mol. The fourth-order valence-corrected chi connectivity index (χ4v) is 0.328. The molecule has 0 amide bonds. The van der Waals surface area contributed by atoms with Crippen molar-refractivity contribution in [3.8, 4) is 0 Å². The van der Waals surface area contributed by atoms with Gasteiger partial charge in [-0.2, -0.15) is 0 Å². The Labute approximate surface area is 59.7 Å². The van der Waals surface area contributed by atoms with Gasteiger partial charge in [0.25, 0.3) is 0 Å². The zero-order valence-electron chi connectivity index (χ0n) is 5.87. The number of hydrogen-bond acceptors (Lipinski definition) is 3. The van der Waals surface area contributed by atoms with Crippen molar-refractivity contribution in [3.63, 3.8) is 0 Å². The molecule has 0 bridgehead atoms. The first-order valence-corrected chi connectivity index (χ1v) is 2.95. The molecule has 1 atom stereocenters. The van der Waals surface area contributed by atoms with Gasteiger partial charge >= 0.3 is 5.97 Å². The molecule has 0 saturated carbocycles. The van der Waals surface area contributed by atoms with Crippen LogP contribution in [0.25, 0.3) is 0 Å². The zero-order chi connectivity index (χ0) is 7.98. The lowest BCUT2D eigenvalue weighted by molar-refractivity contribution is -0.147. The van der Waals surface area contributed by atoms with Gasteiger partial charge in [-0.15, -0.1) is 0 Å². The van der Waals surface area contributed by atoms with Crippen LogP contribution in [-0.2, 0) is 14.3 Å². The predicted octanol–water partition coefficient (Wildman–Crippen LogP) is 0.551. The van der Waals surface area contributed by atoms with Gasteiger partial charge in [0.15, 0.2) is 0 Å². The van der Waals surface area contributed by atoms with E-state index in [1.54, 1.807) is 0 Å². The van der Waals surface area contributed by atoms with Crippen LogP contribution in [0.15, 0.2) is 12.7 Å². The Balaban J connectivity index is 3.61. The maximum Gasteiger partial charge on any atom is 0.316 e. The van der Waals surface area contributed by atoms with Crippen molar-refractivity contribution in [1.29, 1.82) is 0 Å². The van der Waals surface area contributed by atoms with Crippen LogP contribution in [0.3, 0.4) is 0 Å². The lowest BCUT2D eigenvalue weighted by atomic mass is 10.2. The van der Waals surface area contributed by atoms with E-state index < -0.39 is 11.9 Å². The van der Waals surface area contributed by atoms with Gasteiger partial charge in [-0.1, -0.05) is 12.7 Å². The summed E-state index contributed by atoms with van der Waals surface area (Å²) < 4.78 is 4.56. The second kappa shape index (κ2) is 4.73. The molecule has 3 nitrogen and oxygen atoms in total. The molecule has 0 aromatic rings. The minimum Gasteiger partial charge on any atom is -0.461 e. The number of hydrogen-bond donors (Lipinski definition) is 0. The van der Waals surface area contributed by atoms with E-state index in [2.05, 4.69) is 11.3 Å². The van der Waals surface area contributed by atoms with E-state index in [0.717, 1.165) is 0 Å². The minimum absolute atomic E-state index is 0.164. The van der Waals surface area contributed by atoms with Gasteiger partial charge in [0.05, 0.1) is 0 Å². The molecule has 0 fully saturated rings. The molecule has 0 aromatic heterocycles. The highest BCUT2D eigenvalue weighted by molar-refractivity contribution is 5.87. The summed E-state index contributed by atoms with van der Waals surface area (Å²) in [5, 5.41) is 0. The lowest BCUT2D eigenvalue weighted by Gasteiger charge is -2.01. The van der Waals surface area contributed by atoms with Crippen LogP contribution in [0.5, 0.6) is 0 Å². The average Bonchev–Trinajstić information content (AvgIpc) is 1.98. The number of esters is 1. The van der Waals surface area contributed by atoms with E-state index in [1.165, 1.54) is 13.0 Å². The van der Waals surface area contributed by atoms with Gasteiger partial charge in [0.2, 0.25) is 0 Å². The Morgan fingerprint density at radius 3 is 2.80 bits per heavy atom. The van der Waals surface area contributed by atoms with Gasteiger partial charge < -0.3 is 9.53 Å². The summed E-state index contributed by atoms with van der Waals surface area (Å²) in [6.07, 6.45) is 2.00. The Morgan fingerprint density at radius 2 is 2.40 bits per heavy atom. The number of ether oxygens (including phenoxy) is 1. The fraction of sp³-hybridized carbons (Fsp3) is 0.429. The normalized spacial score (nSPS) is 11.7. The molecular formula is C7H10O3. The molecule has 0 heterocycles. The Kier molecular flexibility index (Phi) is 4.20. The Morgan fingerprint density at radius 1 is 1.80 bits per heavy atom. The monoisotopic (exact) mass is 142 g/mol. The molecule has 3 heteroatoms. The summed E-state index contributed by atoms with van der Waals surface area (Å²) in [5.41, 5.74) is 0. The van der Waals surface area contributed by atoms with Crippen LogP contribution in [-0.4, -0.2) is 18.9 Å². The van der Waals surface area contributed by atoms with Crippen LogP contribution in [0, 0.1) is 5.92 Å². The van der Waals surface area contributed by atoms with Gasteiger partial charge in [0.1, 0.15) is 18.8 Å². The van der Waals surface area contributed by atoms with E-state index in [-0.39, 0.29) is 6.61 Å². The molecule has 56 valence electrons. The fourth-order valence-electron chi connectivity index (χ4n) is 0.328. The molecule has 0 aliphatic carbocycles. The first-order valence-electron chi connectivity index (χ1n) is 2.95. The van der Waals surface area contributed by atoms with Crippen molar-refractivity contribution in [2.24, 2.45) is 5.92 Å². The highest BCUT2D eigenvalue weighted by atomic mass is 16.5. The first kappa shape index (κ1) is 8.88. The Bertz CT molecular complexity index is 140. The maximum absolute atomic E-state index is 10.6. The van der Waals surface area contributed by atoms with E-state index in [4.69, 9.17) is 0 Å². The van der Waals surface area contributed by atoms with E-state index in [0.29, 0.717) is 6.29 Å². The second-order valence-electron chi connectivity index (χ2n) is 1.84. The van der Waals surface area contributed by atoms with E-state index >= 15 is 0 Å². The maximum atomic E-state index is 10.6. The topological polar surface area (TPSA) is 43.4 Å². The quantitative estimate of drug-likeness (QED) is 0.249. The van der Waals surface area contributed by atoms with Gasteiger partial charge in [0, 0.05) is 0 Å². The van der Waals surface area contributed by atoms with Crippen molar-refractivity contribution in [2.75, 3.05) is 6.61 Å². The first-order chi connectivity index (χ1) is 4.72. The van der Waals surface area contributed by atoms with Crippen LogP contribution in [0.2, 0.25) is 0 Å². The summed E-state index contributed by atoms with van der Waals surface area (Å²) in [6.45, 7) is 5.00. The highest BCUT2D eigenvalue weighted by Gasteiger charge is 2.11. The summed E-state index contributed by atoms with van der Waals surface area (Å²) >= 11 is 0. The summed E-state index contributed by atoms with van der Waals surface area (Å²) in [4.78, 5) is 20.6. The molecule has 0 N–H and O–H groups in total. The largest absolute Gasteiger partial charge is 0.461 e. The second-order valence-corrected chi connectivity index (χ2v) is 1.84. The SMILES string of the molecule is C=CCOC(=O)C(C)C=O. The number of carbonyl (C=O) groups is 2. The summed E-state index contributed by atoms with van der Waals surface area (Å²) in [5.74, 6) is -1.17. The smallest absolute Gasteiger partial charge is 0.316 e. The van der Waals surface area contributed by atoms with Gasteiger partial charge in [-0.3, -0.25) is 4.79 Å². The number of carbonyl (C=O) groups excluding carboxylic acids is 2. The number of aldehydes is 1. The van der Waals surface area contributed by atoms with Crippen LogP contribution in [0.1, 0.15) is 6.92 Å². The van der Waals surface area contributed by atoms with Crippen molar-refractivity contribution < 1.29 is 14.3 Å². The molecule has 0 rings (SSSR count). The van der Waals surface area contributed by atoms with Crippen LogP contribution in [0.4, 0.5) is 0 Å². The van der Waals surface area contributed by atoms with Crippen LogP contribution >= 0.6 is 0 Å². The third kappa shape index (κ3) is 3.02. The minimum atomic E-state index is -0.667. The zero-order valence-corrected chi connectivity index (χ0v) is 5.87. The molecule has 0 aromatic carbocycles. The van der Waals surface area contributed by atoms with Crippen molar-refractivity contribution in [3.05, 3.63) is 12.7 Å². The summed E-state index contributed by atoms with van der Waals surface area (Å²) in [6, 6.07) is 0.